The number of rotatable bonds is 22. The summed E-state index contributed by atoms with van der Waals surface area (Å²) in [6, 6.07) is 10.2. The number of aromatic hydroxyl groups is 2. The van der Waals surface area contributed by atoms with Crippen molar-refractivity contribution in [1.82, 2.24) is 9.97 Å². The molecule has 4 aromatic rings. The normalized spacial score (nSPS) is 12.6. The zero-order chi connectivity index (χ0) is 60.8. The third-order valence-corrected chi connectivity index (χ3v) is 14.3. The predicted octanol–water partition coefficient (Wildman–Crippen LogP) is 13.1. The number of hydrogen-bond acceptors (Lipinski definition) is 17. The first-order valence-corrected chi connectivity index (χ1v) is 28.2. The minimum Gasteiger partial charge on any atom is -0.506 e. The van der Waals surface area contributed by atoms with E-state index in [0.717, 1.165) is 44.8 Å². The molecule has 440 valence electrons. The maximum Gasteiger partial charge on any atom is 0.706 e. The minimum absolute atomic E-state index is 0.0319. The average molecular weight is 1130 g/mol. The van der Waals surface area contributed by atoms with Crippen molar-refractivity contribution in [3.8, 4) is 23.0 Å². The predicted molar refractivity (Wildman–Crippen MR) is 305 cm³/mol. The first-order valence-electron chi connectivity index (χ1n) is 27.1. The molecule has 0 aliphatic heterocycles. The minimum atomic E-state index is -3.66. The Kier molecular flexibility index (Phi) is 21.4. The van der Waals surface area contributed by atoms with Crippen LogP contribution in [0.2, 0.25) is 0 Å². The van der Waals surface area contributed by atoms with Crippen LogP contribution >= 0.6 is 8.25 Å². The Morgan fingerprint density at radius 1 is 0.475 bits per heavy atom. The highest BCUT2D eigenvalue weighted by Crippen LogP contribution is 2.43. The second-order valence-corrected chi connectivity index (χ2v) is 26.5. The van der Waals surface area contributed by atoms with Crippen LogP contribution in [0.15, 0.2) is 36.4 Å². The number of hydrogen-bond donors (Lipinski definition) is 2. The highest BCUT2D eigenvalue weighted by atomic mass is 31.1. The first kappa shape index (κ1) is 66.4. The van der Waals surface area contributed by atoms with E-state index in [2.05, 4.69) is 0 Å². The smallest absolute Gasteiger partial charge is 0.506 e. The number of aromatic nitrogens is 2. The first-order chi connectivity index (χ1) is 36.6. The molecule has 2 aromatic heterocycles. The van der Waals surface area contributed by atoms with Gasteiger partial charge in [0.25, 0.3) is 0 Å². The van der Waals surface area contributed by atoms with Gasteiger partial charge >= 0.3 is 43.7 Å². The second-order valence-electron chi connectivity index (χ2n) is 25.7. The van der Waals surface area contributed by atoms with E-state index in [1.807, 2.05) is 55.4 Å². The molecule has 2 heterocycles. The standard InChI is InChI=1S/C62H87N2O15P/c1-35(2)51-47(65)25-23-43(63-51)29-45-37(5)27-49(41(9)39(45)7)76-61(31-72-53(67)57(11,12)13,32-73-54(68)58(14,15)16)78-80(71)79-62(33-74-55(69)59(17,18)19,34-75-56(70)60(20,21)22)77-50-28-38(6)46(40(8)42(50)10)30-44-24-26-48(66)52(64-44)36(3)4/h23-28,35-36H,29-34H2,1-22H3,(H-,65,66)/p+1. The molecule has 0 aliphatic rings. The van der Waals surface area contributed by atoms with Crippen LogP contribution < -0.4 is 9.47 Å². The van der Waals surface area contributed by atoms with Crippen molar-refractivity contribution >= 4 is 32.1 Å². The zero-order valence-corrected chi connectivity index (χ0v) is 52.3. The summed E-state index contributed by atoms with van der Waals surface area (Å²) in [5, 5.41) is 21.1. The van der Waals surface area contributed by atoms with Gasteiger partial charge in [0, 0.05) is 28.8 Å². The molecule has 0 atom stereocenters. The van der Waals surface area contributed by atoms with E-state index in [1.165, 1.54) is 0 Å². The molecular formula is C62H88N2O15P+. The van der Waals surface area contributed by atoms with Crippen molar-refractivity contribution in [1.29, 1.82) is 0 Å². The Balaban J connectivity index is 1.97. The summed E-state index contributed by atoms with van der Waals surface area (Å²) in [6.07, 6.45) is 0.786. The average Bonchev–Trinajstić information content (AvgIpc) is 3.33. The van der Waals surface area contributed by atoms with E-state index in [4.69, 9.17) is 47.4 Å². The highest BCUT2D eigenvalue weighted by Gasteiger charge is 2.55. The van der Waals surface area contributed by atoms with Crippen LogP contribution in [0.4, 0.5) is 0 Å². The summed E-state index contributed by atoms with van der Waals surface area (Å²) < 4.78 is 65.3. The molecule has 18 heteroatoms. The van der Waals surface area contributed by atoms with Crippen LogP contribution in [0.3, 0.4) is 0 Å². The van der Waals surface area contributed by atoms with E-state index < -0.39 is 91.8 Å². The molecule has 0 saturated carbocycles. The van der Waals surface area contributed by atoms with Gasteiger partial charge < -0.3 is 38.6 Å². The summed E-state index contributed by atoms with van der Waals surface area (Å²) in [6.45, 7) is 35.4. The number of benzene rings is 2. The topological polar surface area (TPSA) is 225 Å². The number of ether oxygens (including phenoxy) is 6. The van der Waals surface area contributed by atoms with Gasteiger partial charge in [0.2, 0.25) is 0 Å². The largest absolute Gasteiger partial charge is 0.706 e. The Hall–Kier alpha value is -6.16. The number of esters is 4. The fourth-order valence-electron chi connectivity index (χ4n) is 7.99. The van der Waals surface area contributed by atoms with Gasteiger partial charge in [-0.25, -0.2) is 0 Å². The molecule has 80 heavy (non-hydrogen) atoms. The molecule has 2 aromatic carbocycles. The van der Waals surface area contributed by atoms with Crippen molar-refractivity contribution < 1.29 is 71.4 Å². The van der Waals surface area contributed by atoms with E-state index in [1.54, 1.807) is 133 Å². The van der Waals surface area contributed by atoms with Gasteiger partial charge in [-0.3, -0.25) is 29.1 Å². The van der Waals surface area contributed by atoms with Crippen LogP contribution in [-0.2, 0) is 64.6 Å². The van der Waals surface area contributed by atoms with Crippen LogP contribution in [-0.4, -0.2) is 82.1 Å². The van der Waals surface area contributed by atoms with Crippen LogP contribution in [0.25, 0.3) is 0 Å². The Morgan fingerprint density at radius 3 is 1.00 bits per heavy atom. The summed E-state index contributed by atoms with van der Waals surface area (Å²) >= 11 is 0. The van der Waals surface area contributed by atoms with E-state index in [-0.39, 0.29) is 34.8 Å². The SMILES string of the molecule is Cc1cc(OC(COC(=O)C(C)(C)C)(COC(=O)C(C)(C)C)O[P+](=O)OC(COC(=O)C(C)(C)C)(COC(=O)C(C)(C)C)Oc2cc(C)c(Cc3ccc(O)c(C(C)C)n3)c(C)c2C)c(C)c(C)c1Cc1ccc(O)c(C(C)C)n1. The molecular weight excluding hydrogens is 1040 g/mol. The Morgan fingerprint density at radius 2 is 0.750 bits per heavy atom. The fraction of sp³-hybridized carbons (Fsp3) is 0.581. The quantitative estimate of drug-likeness (QED) is 0.0323. The lowest BCUT2D eigenvalue weighted by Crippen LogP contribution is -2.51. The molecule has 0 unspecified atom stereocenters. The number of aryl methyl sites for hydroxylation is 2. The maximum atomic E-state index is 15.3. The number of pyridine rings is 2. The summed E-state index contributed by atoms with van der Waals surface area (Å²) in [7, 11) is -3.66. The van der Waals surface area contributed by atoms with Gasteiger partial charge in [0.15, 0.2) is 26.4 Å². The molecule has 4 rings (SSSR count). The monoisotopic (exact) mass is 1130 g/mol. The molecule has 17 nitrogen and oxygen atoms in total. The number of carbonyl (C=O) groups is 4. The highest BCUT2D eigenvalue weighted by molar-refractivity contribution is 7.33. The Labute approximate surface area is 475 Å². The molecule has 0 aliphatic carbocycles. The van der Waals surface area contributed by atoms with Crippen LogP contribution in [0.5, 0.6) is 23.0 Å². The van der Waals surface area contributed by atoms with E-state index in [9.17, 15) is 29.4 Å². The number of carbonyl (C=O) groups excluding carboxylic acids is 4. The summed E-state index contributed by atoms with van der Waals surface area (Å²) in [5.41, 5.74) is 4.38. The van der Waals surface area contributed by atoms with Crippen molar-refractivity contribution in [2.45, 2.75) is 189 Å². The third kappa shape index (κ3) is 17.4. The van der Waals surface area contributed by atoms with Gasteiger partial charge in [-0.1, -0.05) is 36.7 Å². The van der Waals surface area contributed by atoms with Crippen LogP contribution in [0.1, 0.15) is 190 Å². The third-order valence-electron chi connectivity index (χ3n) is 13.4. The van der Waals surface area contributed by atoms with Crippen molar-refractivity contribution in [2.24, 2.45) is 21.7 Å². The molecule has 2 N–H and O–H groups in total. The molecule has 0 amide bonds. The fourth-order valence-corrected chi connectivity index (χ4v) is 8.85. The van der Waals surface area contributed by atoms with Gasteiger partial charge in [-0.2, -0.15) is 0 Å². The zero-order valence-electron chi connectivity index (χ0n) is 51.4. The molecule has 0 fully saturated rings. The maximum absolute atomic E-state index is 15.3. The molecule has 0 bridgehead atoms. The molecule has 0 spiro atoms. The van der Waals surface area contributed by atoms with Crippen molar-refractivity contribution in [3.05, 3.63) is 104 Å². The van der Waals surface area contributed by atoms with Crippen molar-refractivity contribution in [2.75, 3.05) is 26.4 Å². The van der Waals surface area contributed by atoms with Gasteiger partial charge in [0.05, 0.1) is 33.0 Å². The van der Waals surface area contributed by atoms with E-state index in [0.29, 0.717) is 35.4 Å². The van der Waals surface area contributed by atoms with Crippen molar-refractivity contribution in [3.63, 3.8) is 0 Å². The Bertz CT molecular complexity index is 2680. The van der Waals surface area contributed by atoms with Gasteiger partial charge in [-0.05, 0) is 217 Å². The lowest BCUT2D eigenvalue weighted by Gasteiger charge is -2.33. The summed E-state index contributed by atoms with van der Waals surface area (Å²) in [5.74, 6) is -7.21. The molecule has 0 radical (unpaired) electrons. The lowest BCUT2D eigenvalue weighted by atomic mass is 9.93. The lowest BCUT2D eigenvalue weighted by molar-refractivity contribution is -0.224. The van der Waals surface area contributed by atoms with Gasteiger partial charge in [0.1, 0.15) is 23.0 Å². The second kappa shape index (κ2) is 25.7. The van der Waals surface area contributed by atoms with Gasteiger partial charge in [-0.15, -0.1) is 0 Å². The summed E-state index contributed by atoms with van der Waals surface area (Å²) in [4.78, 5) is 64.3. The van der Waals surface area contributed by atoms with Crippen LogP contribution in [0, 0.1) is 63.2 Å². The molecule has 0 saturated heterocycles. The van der Waals surface area contributed by atoms with E-state index >= 15 is 4.57 Å². The number of nitrogens with zero attached hydrogens (tertiary/aromatic N) is 2.